The van der Waals surface area contributed by atoms with Crippen molar-refractivity contribution >= 4 is 28.4 Å². The first-order valence-electron chi connectivity index (χ1n) is 7.34. The van der Waals surface area contributed by atoms with Crippen molar-refractivity contribution in [2.75, 3.05) is 19.9 Å². The molecule has 0 unspecified atom stereocenters. The molecule has 1 aliphatic rings. The van der Waals surface area contributed by atoms with Gasteiger partial charge in [0.2, 0.25) is 0 Å². The number of aromatic nitrogens is 1. The van der Waals surface area contributed by atoms with Gasteiger partial charge in [-0.2, -0.15) is 0 Å². The second-order valence-electron chi connectivity index (χ2n) is 5.48. The molecule has 120 valence electrons. The number of carbonyl (C=O) groups excluding carboxylic acids is 2. The number of ether oxygens (including phenoxy) is 1. The average Bonchev–Trinajstić information content (AvgIpc) is 3.37. The number of hydrogen-bond donors (Lipinski definition) is 3. The molecule has 7 heteroatoms. The molecule has 0 aliphatic heterocycles. The van der Waals surface area contributed by atoms with Crippen molar-refractivity contribution in [2.45, 2.75) is 18.9 Å². The zero-order chi connectivity index (χ0) is 16.6. The number of anilines is 1. The lowest BCUT2D eigenvalue weighted by Gasteiger charge is -2.12. The van der Waals surface area contributed by atoms with Gasteiger partial charge in [0.25, 0.3) is 11.8 Å². The molecule has 1 saturated carbocycles. The van der Waals surface area contributed by atoms with E-state index in [1.54, 1.807) is 12.1 Å². The fourth-order valence-electron chi connectivity index (χ4n) is 2.39. The van der Waals surface area contributed by atoms with Gasteiger partial charge in [0.05, 0.1) is 29.4 Å². The van der Waals surface area contributed by atoms with Crippen LogP contribution in [0, 0.1) is 0 Å². The lowest BCUT2D eigenvalue weighted by atomic mass is 10.0. The smallest absolute Gasteiger partial charge is 0.255 e. The van der Waals surface area contributed by atoms with Gasteiger partial charge < -0.3 is 21.1 Å². The maximum Gasteiger partial charge on any atom is 0.255 e. The molecule has 1 fully saturated rings. The zero-order valence-corrected chi connectivity index (χ0v) is 13.0. The van der Waals surface area contributed by atoms with Crippen LogP contribution in [0.5, 0.6) is 5.75 Å². The molecule has 0 saturated heterocycles. The van der Waals surface area contributed by atoms with Crippen LogP contribution in [0.15, 0.2) is 18.3 Å². The third kappa shape index (κ3) is 2.77. The molecule has 0 radical (unpaired) electrons. The minimum Gasteiger partial charge on any atom is -0.496 e. The summed E-state index contributed by atoms with van der Waals surface area (Å²) in [7, 11) is 3.02. The second-order valence-corrected chi connectivity index (χ2v) is 5.48. The van der Waals surface area contributed by atoms with Crippen LogP contribution in [0.25, 0.3) is 10.9 Å². The van der Waals surface area contributed by atoms with Gasteiger partial charge in [-0.1, -0.05) is 0 Å². The highest BCUT2D eigenvalue weighted by molar-refractivity contribution is 6.09. The molecule has 0 atom stereocenters. The van der Waals surface area contributed by atoms with Crippen LogP contribution in [0.2, 0.25) is 0 Å². The topological polar surface area (TPSA) is 106 Å². The van der Waals surface area contributed by atoms with Crippen molar-refractivity contribution in [1.82, 2.24) is 15.6 Å². The summed E-state index contributed by atoms with van der Waals surface area (Å²) in [4.78, 5) is 28.5. The molecule has 1 aliphatic carbocycles. The molecule has 2 aromatic rings. The van der Waals surface area contributed by atoms with Crippen molar-refractivity contribution in [1.29, 1.82) is 0 Å². The highest BCUT2D eigenvalue weighted by Gasteiger charge is 2.25. The summed E-state index contributed by atoms with van der Waals surface area (Å²) in [6, 6.07) is 3.47. The third-order valence-electron chi connectivity index (χ3n) is 3.86. The summed E-state index contributed by atoms with van der Waals surface area (Å²) >= 11 is 0. The van der Waals surface area contributed by atoms with Gasteiger partial charge in [-0.15, -0.1) is 0 Å². The minimum atomic E-state index is -0.295. The van der Waals surface area contributed by atoms with E-state index in [9.17, 15) is 9.59 Å². The molecule has 0 bridgehead atoms. The van der Waals surface area contributed by atoms with E-state index in [4.69, 9.17) is 10.5 Å². The summed E-state index contributed by atoms with van der Waals surface area (Å²) in [6.07, 6.45) is 3.43. The number of pyridine rings is 1. The fourth-order valence-corrected chi connectivity index (χ4v) is 2.39. The summed E-state index contributed by atoms with van der Waals surface area (Å²) < 4.78 is 5.23. The number of carbonyl (C=O) groups is 2. The molecule has 1 aromatic heterocycles. The molecule has 23 heavy (non-hydrogen) atoms. The van der Waals surface area contributed by atoms with E-state index in [-0.39, 0.29) is 17.9 Å². The number of rotatable bonds is 4. The van der Waals surface area contributed by atoms with E-state index in [0.29, 0.717) is 33.5 Å². The van der Waals surface area contributed by atoms with Crippen LogP contribution in [0.4, 0.5) is 5.69 Å². The molecule has 4 N–H and O–H groups in total. The third-order valence-corrected chi connectivity index (χ3v) is 3.86. The van der Waals surface area contributed by atoms with E-state index < -0.39 is 0 Å². The first-order valence-corrected chi connectivity index (χ1v) is 7.34. The van der Waals surface area contributed by atoms with Gasteiger partial charge in [0.15, 0.2) is 0 Å². The lowest BCUT2D eigenvalue weighted by molar-refractivity contribution is 0.0947. The number of methoxy groups -OCH3 is 1. The highest BCUT2D eigenvalue weighted by Crippen LogP contribution is 2.30. The Bertz CT molecular complexity index is 800. The second kappa shape index (κ2) is 5.75. The van der Waals surface area contributed by atoms with Crippen LogP contribution in [0.3, 0.4) is 0 Å². The molecule has 0 spiro atoms. The first kappa shape index (κ1) is 15.1. The molecule has 2 amide bonds. The maximum atomic E-state index is 12.2. The Hall–Kier alpha value is -2.83. The summed E-state index contributed by atoms with van der Waals surface area (Å²) in [5, 5.41) is 5.99. The largest absolute Gasteiger partial charge is 0.496 e. The van der Waals surface area contributed by atoms with Gasteiger partial charge in [-0.25, -0.2) is 0 Å². The Morgan fingerprint density at radius 3 is 2.61 bits per heavy atom. The van der Waals surface area contributed by atoms with Crippen LogP contribution >= 0.6 is 0 Å². The van der Waals surface area contributed by atoms with E-state index in [2.05, 4.69) is 15.6 Å². The van der Waals surface area contributed by atoms with Crippen molar-refractivity contribution in [3.05, 3.63) is 29.5 Å². The van der Waals surface area contributed by atoms with Crippen LogP contribution in [0.1, 0.15) is 33.6 Å². The zero-order valence-electron chi connectivity index (χ0n) is 13.0. The quantitative estimate of drug-likeness (QED) is 0.783. The lowest BCUT2D eigenvalue weighted by Crippen LogP contribution is -2.26. The number of nitrogen functional groups attached to an aromatic ring is 1. The Morgan fingerprint density at radius 1 is 1.26 bits per heavy atom. The van der Waals surface area contributed by atoms with Gasteiger partial charge in [-0.05, 0) is 18.9 Å². The summed E-state index contributed by atoms with van der Waals surface area (Å²) in [5.41, 5.74) is 7.68. The number of nitrogens with one attached hydrogen (secondary N) is 2. The Kier molecular flexibility index (Phi) is 3.77. The van der Waals surface area contributed by atoms with E-state index in [0.717, 1.165) is 12.8 Å². The van der Waals surface area contributed by atoms with E-state index in [1.807, 2.05) is 0 Å². The number of hydrogen-bond acceptors (Lipinski definition) is 5. The van der Waals surface area contributed by atoms with Gasteiger partial charge >= 0.3 is 0 Å². The number of amides is 2. The summed E-state index contributed by atoms with van der Waals surface area (Å²) in [6.45, 7) is 0. The minimum absolute atomic E-state index is 0.231. The van der Waals surface area contributed by atoms with Gasteiger partial charge in [-0.3, -0.25) is 14.6 Å². The van der Waals surface area contributed by atoms with E-state index in [1.165, 1.54) is 20.4 Å². The fraction of sp³-hybridized carbons (Fsp3) is 0.312. The van der Waals surface area contributed by atoms with Crippen LogP contribution < -0.4 is 21.1 Å². The molecule has 7 nitrogen and oxygen atoms in total. The first-order chi connectivity index (χ1) is 11.0. The number of benzene rings is 1. The van der Waals surface area contributed by atoms with Gasteiger partial charge in [0.1, 0.15) is 5.75 Å². The normalized spacial score (nSPS) is 13.7. The highest BCUT2D eigenvalue weighted by atomic mass is 16.5. The predicted molar refractivity (Wildman–Crippen MR) is 86.6 cm³/mol. The standard InChI is InChI=1S/C16H18N4O3/c1-18-15(21)10-5-9-12(6-13(10)23-2)19-7-11(14(9)17)16(22)20-8-3-4-8/h5-8H,3-4H2,1-2H3,(H2,17,19)(H,18,21)(H,20,22). The molecule has 1 heterocycles. The number of nitrogens with zero attached hydrogens (tertiary/aromatic N) is 1. The van der Waals surface area contributed by atoms with Crippen LogP contribution in [-0.2, 0) is 0 Å². The Balaban J connectivity index is 2.11. The predicted octanol–water partition coefficient (Wildman–Crippen LogP) is 1.08. The van der Waals surface area contributed by atoms with Crippen molar-refractivity contribution < 1.29 is 14.3 Å². The maximum absolute atomic E-state index is 12.2. The molecule has 3 rings (SSSR count). The molecule has 1 aromatic carbocycles. The monoisotopic (exact) mass is 314 g/mol. The summed E-state index contributed by atoms with van der Waals surface area (Å²) in [5.74, 6) is -0.133. The Morgan fingerprint density at radius 2 is 2.00 bits per heavy atom. The van der Waals surface area contributed by atoms with Crippen LogP contribution in [-0.4, -0.2) is 37.0 Å². The average molecular weight is 314 g/mol. The number of nitrogens with two attached hydrogens (primary N) is 1. The Labute approximate surface area is 133 Å². The van der Waals surface area contributed by atoms with Crippen molar-refractivity contribution in [2.24, 2.45) is 0 Å². The number of fused-ring (bicyclic) bond motifs is 1. The molecular weight excluding hydrogens is 296 g/mol. The van der Waals surface area contributed by atoms with Crippen molar-refractivity contribution in [3.8, 4) is 5.75 Å². The van der Waals surface area contributed by atoms with Crippen molar-refractivity contribution in [3.63, 3.8) is 0 Å². The molecular formula is C16H18N4O3. The van der Waals surface area contributed by atoms with Gasteiger partial charge in [0, 0.05) is 30.7 Å². The SMILES string of the molecule is CNC(=O)c1cc2c(N)c(C(=O)NC3CC3)cnc2cc1OC. The van der Waals surface area contributed by atoms with E-state index >= 15 is 0 Å².